The molecule has 1 aliphatic heterocycles. The van der Waals surface area contributed by atoms with E-state index in [9.17, 15) is 9.59 Å². The highest BCUT2D eigenvalue weighted by Gasteiger charge is 2.61. The Morgan fingerprint density at radius 1 is 1.22 bits per heavy atom. The van der Waals surface area contributed by atoms with Gasteiger partial charge >= 0.3 is 0 Å². The van der Waals surface area contributed by atoms with Crippen LogP contribution in [0.1, 0.15) is 71.3 Å². The van der Waals surface area contributed by atoms with E-state index in [2.05, 4.69) is 31.1 Å². The van der Waals surface area contributed by atoms with Gasteiger partial charge in [-0.3, -0.25) is 14.6 Å². The highest BCUT2D eigenvalue weighted by Crippen LogP contribution is 2.66. The van der Waals surface area contributed by atoms with Gasteiger partial charge in [-0.1, -0.05) is 25.5 Å². The highest BCUT2D eigenvalue weighted by molar-refractivity contribution is 5.80. The first-order valence-electron chi connectivity index (χ1n) is 12.4. The minimum Gasteiger partial charge on any atom is -0.352 e. The summed E-state index contributed by atoms with van der Waals surface area (Å²) in [6.45, 7) is 7.61. The number of likely N-dealkylation sites (tertiary alicyclic amines) is 1. The monoisotopic (exact) mass is 435 g/mol. The molecule has 5 nitrogen and oxygen atoms in total. The maximum atomic E-state index is 13.3. The van der Waals surface area contributed by atoms with Crippen molar-refractivity contribution in [1.82, 2.24) is 15.2 Å². The number of carbonyl (C=O) groups is 2. The van der Waals surface area contributed by atoms with Gasteiger partial charge in [0.25, 0.3) is 0 Å². The van der Waals surface area contributed by atoms with E-state index in [0.29, 0.717) is 30.7 Å². The van der Waals surface area contributed by atoms with E-state index < -0.39 is 0 Å². The number of nitrogens with one attached hydrogen (secondary N) is 1. The fraction of sp³-hybridized carbons (Fsp3) is 0.667. The molecule has 1 N–H and O–H groups in total. The van der Waals surface area contributed by atoms with Gasteiger partial charge in [-0.15, -0.1) is 0 Å². The lowest BCUT2D eigenvalue weighted by atomic mass is 9.48. The van der Waals surface area contributed by atoms with Crippen molar-refractivity contribution in [3.05, 3.63) is 41.4 Å². The normalized spacial score (nSPS) is 38.8. The van der Waals surface area contributed by atoms with Crippen molar-refractivity contribution < 1.29 is 9.59 Å². The molecule has 0 spiro atoms. The summed E-state index contributed by atoms with van der Waals surface area (Å²) in [5.41, 5.74) is 3.93. The van der Waals surface area contributed by atoms with Crippen molar-refractivity contribution in [2.24, 2.45) is 34.5 Å². The first-order chi connectivity index (χ1) is 15.3. The Morgan fingerprint density at radius 2 is 2.03 bits per heavy atom. The first kappa shape index (κ1) is 21.7. The molecule has 2 heterocycles. The van der Waals surface area contributed by atoms with E-state index in [1.54, 1.807) is 6.20 Å². The van der Waals surface area contributed by atoms with E-state index in [1.807, 2.05) is 30.3 Å². The molecule has 1 aromatic heterocycles. The Balaban J connectivity index is 1.37. The van der Waals surface area contributed by atoms with E-state index in [-0.39, 0.29) is 28.6 Å². The van der Waals surface area contributed by atoms with Crippen molar-refractivity contribution in [2.75, 3.05) is 7.05 Å². The number of pyridine rings is 1. The number of fused-ring (bicyclic) bond motifs is 5. The van der Waals surface area contributed by atoms with Crippen LogP contribution >= 0.6 is 0 Å². The minimum atomic E-state index is 0.0741. The molecule has 32 heavy (non-hydrogen) atoms. The quantitative estimate of drug-likeness (QED) is 0.749. The molecular formula is C27H37N3O2. The molecule has 0 bridgehead atoms. The van der Waals surface area contributed by atoms with E-state index in [0.717, 1.165) is 37.7 Å². The van der Waals surface area contributed by atoms with Crippen LogP contribution in [0.3, 0.4) is 0 Å². The summed E-state index contributed by atoms with van der Waals surface area (Å²) in [5, 5.41) is 3.21. The average Bonchev–Trinajstić information content (AvgIpc) is 3.13. The predicted molar refractivity (Wildman–Crippen MR) is 124 cm³/mol. The number of rotatable bonds is 3. The van der Waals surface area contributed by atoms with Gasteiger partial charge in [0, 0.05) is 49.4 Å². The molecule has 1 aromatic rings. The molecule has 2 amide bonds. The second kappa shape index (κ2) is 7.71. The predicted octanol–water partition coefficient (Wildman–Crippen LogP) is 4.69. The average molecular weight is 436 g/mol. The van der Waals surface area contributed by atoms with E-state index in [4.69, 9.17) is 0 Å². The van der Waals surface area contributed by atoms with Gasteiger partial charge in [0.2, 0.25) is 11.8 Å². The summed E-state index contributed by atoms with van der Waals surface area (Å²) in [4.78, 5) is 31.9. The summed E-state index contributed by atoms with van der Waals surface area (Å²) >= 11 is 0. The van der Waals surface area contributed by atoms with E-state index >= 15 is 0 Å². The Hall–Kier alpha value is -2.17. The summed E-state index contributed by atoms with van der Waals surface area (Å²) < 4.78 is 0. The largest absolute Gasteiger partial charge is 0.352 e. The number of nitrogens with zero attached hydrogens (tertiary/aromatic N) is 2. The Bertz CT molecular complexity index is 957. The number of piperidine rings is 1. The lowest BCUT2D eigenvalue weighted by Crippen LogP contribution is -2.55. The number of hydrogen-bond donors (Lipinski definition) is 1. The molecule has 0 aromatic carbocycles. The molecule has 0 radical (unpaired) electrons. The molecule has 3 fully saturated rings. The van der Waals surface area contributed by atoms with Crippen LogP contribution in [0.2, 0.25) is 0 Å². The van der Waals surface area contributed by atoms with Gasteiger partial charge in [0.1, 0.15) is 0 Å². The third-order valence-electron chi connectivity index (χ3n) is 9.82. The molecular weight excluding hydrogens is 398 g/mol. The van der Waals surface area contributed by atoms with Gasteiger partial charge in [-0.25, -0.2) is 0 Å². The minimum absolute atomic E-state index is 0.0741. The molecule has 1 saturated heterocycles. The van der Waals surface area contributed by atoms with Gasteiger partial charge in [0.15, 0.2) is 0 Å². The fourth-order valence-corrected chi connectivity index (χ4v) is 8.35. The first-order valence-corrected chi connectivity index (χ1v) is 12.4. The smallest absolute Gasteiger partial charge is 0.226 e. The third kappa shape index (κ3) is 3.14. The number of hydrogen-bond acceptors (Lipinski definition) is 3. The number of allylic oxidation sites excluding steroid dienone is 2. The van der Waals surface area contributed by atoms with Gasteiger partial charge < -0.3 is 10.2 Å². The summed E-state index contributed by atoms with van der Waals surface area (Å²) in [5.74, 6) is 2.41. The molecule has 172 valence electrons. The van der Waals surface area contributed by atoms with Crippen LogP contribution in [0, 0.1) is 34.5 Å². The van der Waals surface area contributed by atoms with Crippen molar-refractivity contribution in [3.8, 4) is 0 Å². The number of amides is 2. The summed E-state index contributed by atoms with van der Waals surface area (Å²) in [7, 11) is 1.98. The number of carbonyl (C=O) groups excluding carboxylic acids is 2. The van der Waals surface area contributed by atoms with Crippen molar-refractivity contribution in [1.29, 1.82) is 0 Å². The lowest BCUT2D eigenvalue weighted by Gasteiger charge is -2.59. The fourth-order valence-electron chi connectivity index (χ4n) is 8.35. The Morgan fingerprint density at radius 3 is 2.78 bits per heavy atom. The van der Waals surface area contributed by atoms with Gasteiger partial charge in [-0.2, -0.15) is 0 Å². The van der Waals surface area contributed by atoms with Crippen LogP contribution in [0.4, 0.5) is 0 Å². The summed E-state index contributed by atoms with van der Waals surface area (Å²) in [6.07, 6.45) is 10.7. The Kier molecular flexibility index (Phi) is 5.22. The molecule has 5 rings (SSSR count). The van der Waals surface area contributed by atoms with Crippen LogP contribution in [0.15, 0.2) is 35.8 Å². The number of aromatic nitrogens is 1. The van der Waals surface area contributed by atoms with Crippen molar-refractivity contribution in [3.63, 3.8) is 0 Å². The second-order valence-corrected chi connectivity index (χ2v) is 11.3. The second-order valence-electron chi connectivity index (χ2n) is 11.3. The lowest BCUT2D eigenvalue weighted by molar-refractivity contribution is -0.138. The molecule has 3 aliphatic carbocycles. The highest BCUT2D eigenvalue weighted by atomic mass is 16.2. The molecule has 4 aliphatic rings. The molecule has 2 saturated carbocycles. The van der Waals surface area contributed by atoms with Crippen molar-refractivity contribution >= 4 is 11.8 Å². The molecule has 5 heteroatoms. The zero-order valence-corrected chi connectivity index (χ0v) is 20.0. The standard InChI is InChI=1S/C27H37N3O2/c1-17-14-19-20-7-8-22(25(32)29-16-18-6-5-13-28-15-18)26(20,2)11-9-21(19)27(3)12-10-23(31)30(4)24(17)27/h5-6,13,15,19-22H,7-12,14,16H2,1-4H3,(H,29,32)/t19-,20-,21+,22?,26-,27+/m0/s1. The van der Waals surface area contributed by atoms with Crippen LogP contribution in [-0.2, 0) is 16.1 Å². The van der Waals surface area contributed by atoms with E-state index in [1.165, 1.54) is 17.7 Å². The van der Waals surface area contributed by atoms with Crippen LogP contribution in [-0.4, -0.2) is 28.7 Å². The van der Waals surface area contributed by atoms with Gasteiger partial charge in [0.05, 0.1) is 0 Å². The maximum Gasteiger partial charge on any atom is 0.226 e. The van der Waals surface area contributed by atoms with Crippen LogP contribution in [0.25, 0.3) is 0 Å². The van der Waals surface area contributed by atoms with Crippen LogP contribution in [0.5, 0.6) is 0 Å². The third-order valence-corrected chi connectivity index (χ3v) is 9.82. The van der Waals surface area contributed by atoms with Crippen molar-refractivity contribution in [2.45, 2.75) is 72.3 Å². The molecule has 6 atom stereocenters. The molecule has 1 unspecified atom stereocenters. The zero-order valence-electron chi connectivity index (χ0n) is 20.0. The van der Waals surface area contributed by atoms with Crippen LogP contribution < -0.4 is 5.32 Å². The Labute approximate surface area is 192 Å². The van der Waals surface area contributed by atoms with Gasteiger partial charge in [-0.05, 0) is 80.2 Å². The SMILES string of the molecule is CC1=C2N(C)C(=O)CC[C@]2(C)[C@@H]2CC[C@]3(C)C(C(=O)NCc4cccnc4)CC[C@H]3[C@@H]2C1. The topological polar surface area (TPSA) is 62.3 Å². The zero-order chi connectivity index (χ0) is 22.7. The maximum absolute atomic E-state index is 13.3. The summed E-state index contributed by atoms with van der Waals surface area (Å²) in [6, 6.07) is 3.93.